The minimum Gasteiger partial charge on any atom is -0.310 e. The molecular weight excluding hydrogens is 623 g/mol. The van der Waals surface area contributed by atoms with E-state index in [1.165, 1.54) is 0 Å². The fraction of sp³-hybridized carbons (Fsp3) is 0.0217. The van der Waals surface area contributed by atoms with Crippen LogP contribution in [0.2, 0.25) is 0 Å². The van der Waals surface area contributed by atoms with Crippen LogP contribution in [0.1, 0.15) is 29.2 Å². The summed E-state index contributed by atoms with van der Waals surface area (Å²) in [6.45, 7) is 2.00. The summed E-state index contributed by atoms with van der Waals surface area (Å²) in [6, 6.07) is 48.4. The van der Waals surface area contributed by atoms with Crippen molar-refractivity contribution in [3.63, 3.8) is 0 Å². The summed E-state index contributed by atoms with van der Waals surface area (Å²) in [5.41, 5.74) is 9.96. The molecule has 0 N–H and O–H groups in total. The molecule has 0 amide bonds. The third-order valence-corrected chi connectivity index (χ3v) is 9.50. The maximum absolute atomic E-state index is 10.6. The first-order valence-electron chi connectivity index (χ1n) is 16.4. The van der Waals surface area contributed by atoms with Crippen LogP contribution in [0, 0.1) is 46.3 Å². The lowest BCUT2D eigenvalue weighted by Gasteiger charge is -2.18. The van der Waals surface area contributed by atoms with Crippen LogP contribution in [0.5, 0.6) is 0 Å². The number of fused-ring (bicyclic) bond motifs is 6. The van der Waals surface area contributed by atoms with Gasteiger partial charge >= 0.3 is 0 Å². The van der Waals surface area contributed by atoms with Gasteiger partial charge in [0.05, 0.1) is 62.7 Å². The Balaban J connectivity index is 1.40. The molecule has 8 aromatic rings. The van der Waals surface area contributed by atoms with Gasteiger partial charge in [0.15, 0.2) is 0 Å². The Bertz CT molecular complexity index is 2920. The average Bonchev–Trinajstić information content (AvgIpc) is 3.70. The van der Waals surface area contributed by atoms with Gasteiger partial charge in [0.1, 0.15) is 0 Å². The van der Waals surface area contributed by atoms with E-state index in [9.17, 15) is 15.8 Å². The van der Waals surface area contributed by atoms with E-state index in [-0.39, 0.29) is 0 Å². The average molecular weight is 650 g/mol. The first-order valence-corrected chi connectivity index (χ1v) is 16.4. The van der Waals surface area contributed by atoms with E-state index >= 15 is 0 Å². The summed E-state index contributed by atoms with van der Waals surface area (Å²) in [5.74, 6) is 2.97. The molecule has 2 aromatic heterocycles. The van der Waals surface area contributed by atoms with Crippen molar-refractivity contribution < 1.29 is 0 Å². The van der Waals surface area contributed by atoms with Crippen LogP contribution >= 0.6 is 0 Å². The van der Waals surface area contributed by atoms with Crippen molar-refractivity contribution in [2.75, 3.05) is 0 Å². The van der Waals surface area contributed by atoms with Gasteiger partial charge in [-0.15, -0.1) is 6.42 Å². The lowest BCUT2D eigenvalue weighted by molar-refractivity contribution is 1.18. The highest BCUT2D eigenvalue weighted by Gasteiger charge is 2.21. The Morgan fingerprint density at radius 1 is 0.608 bits per heavy atom. The quantitative estimate of drug-likeness (QED) is 0.137. The molecule has 5 nitrogen and oxygen atoms in total. The number of hydrogen-bond acceptors (Lipinski definition) is 3. The van der Waals surface area contributed by atoms with E-state index in [0.717, 1.165) is 66.1 Å². The Kier molecular flexibility index (Phi) is 7.52. The molecule has 6 aromatic carbocycles. The molecule has 0 unspecified atom stereocenters. The Morgan fingerprint density at radius 2 is 1.25 bits per heavy atom. The van der Waals surface area contributed by atoms with Crippen molar-refractivity contribution in [3.05, 3.63) is 162 Å². The molecule has 0 spiro atoms. The van der Waals surface area contributed by atoms with Gasteiger partial charge in [0.2, 0.25) is 0 Å². The SMILES string of the molecule is C#C/C(=C\C(=C/C)n1c2ccccc2c2ccccc21)c1cccc(C#N)c1-c1ccccc1-n1c2ccc(C#N)cc2c2ccc(C#N)cc21. The Labute approximate surface area is 295 Å². The zero-order valence-corrected chi connectivity index (χ0v) is 27.6. The number of para-hydroxylation sites is 3. The molecule has 0 radical (unpaired) electrons. The fourth-order valence-electron chi connectivity index (χ4n) is 7.28. The lowest BCUT2D eigenvalue weighted by atomic mass is 9.89. The number of rotatable bonds is 5. The largest absolute Gasteiger partial charge is 0.310 e. The van der Waals surface area contributed by atoms with Crippen LogP contribution in [0.4, 0.5) is 0 Å². The first-order chi connectivity index (χ1) is 25.1. The predicted molar refractivity (Wildman–Crippen MR) is 207 cm³/mol. The molecule has 0 fully saturated rings. The zero-order valence-electron chi connectivity index (χ0n) is 27.6. The zero-order chi connectivity index (χ0) is 35.1. The topological polar surface area (TPSA) is 81.2 Å². The lowest BCUT2D eigenvalue weighted by Crippen LogP contribution is -2.01. The maximum atomic E-state index is 10.6. The van der Waals surface area contributed by atoms with Crippen molar-refractivity contribution in [3.8, 4) is 47.4 Å². The molecule has 236 valence electrons. The van der Waals surface area contributed by atoms with Gasteiger partial charge in [-0.2, -0.15) is 15.8 Å². The maximum Gasteiger partial charge on any atom is 0.0998 e. The molecule has 0 bridgehead atoms. The molecule has 0 atom stereocenters. The number of hydrogen-bond donors (Lipinski definition) is 0. The highest BCUT2D eigenvalue weighted by atomic mass is 15.0. The Hall–Kier alpha value is -7.57. The van der Waals surface area contributed by atoms with E-state index in [4.69, 9.17) is 6.42 Å². The van der Waals surface area contributed by atoms with Crippen molar-refractivity contribution >= 4 is 54.9 Å². The van der Waals surface area contributed by atoms with Crippen LogP contribution in [0.25, 0.3) is 71.7 Å². The molecule has 0 aliphatic heterocycles. The van der Waals surface area contributed by atoms with E-state index < -0.39 is 0 Å². The molecule has 0 aliphatic rings. The van der Waals surface area contributed by atoms with Crippen LogP contribution in [-0.2, 0) is 0 Å². The number of allylic oxidation sites excluding steroid dienone is 4. The summed E-state index contributed by atoms with van der Waals surface area (Å²) >= 11 is 0. The van der Waals surface area contributed by atoms with Gasteiger partial charge in [-0.3, -0.25) is 0 Å². The third kappa shape index (κ3) is 4.86. The van der Waals surface area contributed by atoms with Crippen LogP contribution in [0.15, 0.2) is 140 Å². The minimum absolute atomic E-state index is 0.477. The molecule has 5 heteroatoms. The molecular formula is C46H27N5. The van der Waals surface area contributed by atoms with E-state index in [0.29, 0.717) is 27.8 Å². The van der Waals surface area contributed by atoms with Crippen molar-refractivity contribution in [2.45, 2.75) is 6.92 Å². The fourth-order valence-corrected chi connectivity index (χ4v) is 7.28. The van der Waals surface area contributed by atoms with Gasteiger partial charge < -0.3 is 9.13 Å². The number of terminal acetylenes is 1. The third-order valence-electron chi connectivity index (χ3n) is 9.50. The van der Waals surface area contributed by atoms with Crippen LogP contribution in [-0.4, -0.2) is 9.13 Å². The number of benzene rings is 6. The summed E-state index contributed by atoms with van der Waals surface area (Å²) in [5, 5.41) is 34.2. The van der Waals surface area contributed by atoms with Crippen LogP contribution in [0.3, 0.4) is 0 Å². The van der Waals surface area contributed by atoms with E-state index in [2.05, 4.69) is 75.7 Å². The van der Waals surface area contributed by atoms with Crippen molar-refractivity contribution in [1.82, 2.24) is 9.13 Å². The number of aromatic nitrogens is 2. The van der Waals surface area contributed by atoms with E-state index in [1.807, 2.05) is 91.9 Å². The second-order valence-electron chi connectivity index (χ2n) is 12.2. The van der Waals surface area contributed by atoms with Gasteiger partial charge in [-0.25, -0.2) is 0 Å². The molecule has 51 heavy (non-hydrogen) atoms. The highest BCUT2D eigenvalue weighted by Crippen LogP contribution is 2.41. The van der Waals surface area contributed by atoms with Gasteiger partial charge in [0.25, 0.3) is 0 Å². The predicted octanol–water partition coefficient (Wildman–Crippen LogP) is 10.8. The minimum atomic E-state index is 0.477. The van der Waals surface area contributed by atoms with Gasteiger partial charge in [-0.05, 0) is 73.2 Å². The summed E-state index contributed by atoms with van der Waals surface area (Å²) < 4.78 is 4.33. The Morgan fingerprint density at radius 3 is 1.94 bits per heavy atom. The second-order valence-corrected chi connectivity index (χ2v) is 12.2. The number of nitrogens with zero attached hydrogens (tertiary/aromatic N) is 5. The molecule has 2 heterocycles. The number of nitriles is 3. The van der Waals surface area contributed by atoms with Gasteiger partial charge in [-0.1, -0.05) is 84.8 Å². The molecule has 0 saturated carbocycles. The summed E-state index contributed by atoms with van der Waals surface area (Å²) in [4.78, 5) is 0. The summed E-state index contributed by atoms with van der Waals surface area (Å²) in [6.07, 6.45) is 10.4. The van der Waals surface area contributed by atoms with Crippen LogP contribution < -0.4 is 0 Å². The smallest absolute Gasteiger partial charge is 0.0998 e. The molecule has 8 rings (SSSR count). The second kappa shape index (κ2) is 12.5. The van der Waals surface area contributed by atoms with Gasteiger partial charge in [0, 0.05) is 43.9 Å². The summed E-state index contributed by atoms with van der Waals surface area (Å²) in [7, 11) is 0. The molecule has 0 saturated heterocycles. The normalized spacial score (nSPS) is 11.8. The standard InChI is InChI=1S/C46H27N5/c1-3-32(26-34(4-2)50-41-17-8-5-13-36(41)37-14-6-9-18-42(37)50)35-16-11-12-33(29-49)46(35)39-15-7-10-19-43(39)51-44-23-21-30(27-47)24-40(44)38-22-20-31(28-48)25-45(38)51/h1,4-26H,2H3/b32-26+,34-4+. The molecule has 0 aliphatic carbocycles. The van der Waals surface area contributed by atoms with Crippen molar-refractivity contribution in [2.24, 2.45) is 0 Å². The van der Waals surface area contributed by atoms with E-state index in [1.54, 1.807) is 12.1 Å². The van der Waals surface area contributed by atoms with Crippen molar-refractivity contribution in [1.29, 1.82) is 15.8 Å². The first kappa shape index (κ1) is 30.7. The highest BCUT2D eigenvalue weighted by molar-refractivity contribution is 6.12. The monoisotopic (exact) mass is 649 g/mol.